The van der Waals surface area contributed by atoms with Crippen LogP contribution in [0.1, 0.15) is 29.1 Å². The van der Waals surface area contributed by atoms with Crippen LogP contribution < -0.4 is 15.8 Å². The Bertz CT molecular complexity index is 984. The van der Waals surface area contributed by atoms with Crippen LogP contribution in [0.25, 0.3) is 0 Å². The first-order chi connectivity index (χ1) is 12.9. The van der Waals surface area contributed by atoms with E-state index in [1.54, 1.807) is 6.92 Å². The van der Waals surface area contributed by atoms with E-state index in [4.69, 9.17) is 33.7 Å². The Morgan fingerprint density at radius 2 is 2.15 bits per heavy atom. The molecule has 1 amide bonds. The van der Waals surface area contributed by atoms with E-state index >= 15 is 0 Å². The van der Waals surface area contributed by atoms with Gasteiger partial charge in [-0.05, 0) is 19.1 Å². The third-order valence-electron chi connectivity index (χ3n) is 3.50. The molecule has 0 aliphatic carbocycles. The Balaban J connectivity index is 1.85. The van der Waals surface area contributed by atoms with Gasteiger partial charge in [-0.15, -0.1) is 10.2 Å². The highest BCUT2D eigenvalue weighted by Crippen LogP contribution is 2.35. The third-order valence-corrected chi connectivity index (χ3v) is 4.21. The van der Waals surface area contributed by atoms with Gasteiger partial charge in [0.05, 0.1) is 11.2 Å². The summed E-state index contributed by atoms with van der Waals surface area (Å²) in [5.74, 6) is -1.22. The molecule has 0 aliphatic heterocycles. The number of nitrogens with zero attached hydrogens (tertiary/aromatic N) is 3. The van der Waals surface area contributed by atoms with Crippen LogP contribution in [0.3, 0.4) is 0 Å². The van der Waals surface area contributed by atoms with Gasteiger partial charge in [0, 0.05) is 16.7 Å². The molecule has 3 rings (SSSR count). The molecule has 0 saturated carbocycles. The standard InChI is InChI=1S/C16H12Cl2FN5O3/c1-7(13-9(17)2-3-10(19)14(13)18)27-12-4-11(23-24-15(12)20)16(25)22-8-5-21-26-6-8/h2-7H,1H3,(H2,20,24)(H,22,25). The van der Waals surface area contributed by atoms with Crippen LogP contribution in [0.5, 0.6) is 5.75 Å². The van der Waals surface area contributed by atoms with Gasteiger partial charge in [0.15, 0.2) is 17.3 Å². The first kappa shape index (κ1) is 18.9. The molecule has 0 spiro atoms. The molecule has 27 heavy (non-hydrogen) atoms. The first-order valence-electron chi connectivity index (χ1n) is 7.50. The quantitative estimate of drug-likeness (QED) is 0.611. The highest BCUT2D eigenvalue weighted by molar-refractivity contribution is 6.36. The second-order valence-corrected chi connectivity index (χ2v) is 6.15. The maximum absolute atomic E-state index is 13.7. The average Bonchev–Trinajstić information content (AvgIpc) is 3.13. The number of amides is 1. The van der Waals surface area contributed by atoms with E-state index in [1.165, 1.54) is 24.6 Å². The van der Waals surface area contributed by atoms with Crippen molar-refractivity contribution in [3.05, 3.63) is 57.8 Å². The number of carbonyl (C=O) groups excluding carboxylic acids is 1. The van der Waals surface area contributed by atoms with Crippen molar-refractivity contribution in [3.8, 4) is 5.75 Å². The van der Waals surface area contributed by atoms with Gasteiger partial charge >= 0.3 is 0 Å². The molecule has 0 bridgehead atoms. The minimum absolute atomic E-state index is 0.0596. The van der Waals surface area contributed by atoms with Crippen molar-refractivity contribution >= 4 is 40.6 Å². The third kappa shape index (κ3) is 4.09. The molecule has 0 aliphatic rings. The Kier molecular flexibility index (Phi) is 5.43. The van der Waals surface area contributed by atoms with Gasteiger partial charge in [0.25, 0.3) is 5.91 Å². The number of aromatic nitrogens is 3. The van der Waals surface area contributed by atoms with Crippen LogP contribution >= 0.6 is 23.2 Å². The number of hydrogen-bond donors (Lipinski definition) is 2. The van der Waals surface area contributed by atoms with Crippen LogP contribution in [-0.2, 0) is 0 Å². The molecule has 8 nitrogen and oxygen atoms in total. The fourth-order valence-corrected chi connectivity index (χ4v) is 2.89. The second kappa shape index (κ2) is 7.77. The number of anilines is 2. The molecular weight excluding hydrogens is 400 g/mol. The van der Waals surface area contributed by atoms with Crippen molar-refractivity contribution in [2.45, 2.75) is 13.0 Å². The average molecular weight is 412 g/mol. The van der Waals surface area contributed by atoms with Crippen molar-refractivity contribution in [3.63, 3.8) is 0 Å². The molecule has 3 aromatic rings. The minimum Gasteiger partial charge on any atom is -0.482 e. The summed E-state index contributed by atoms with van der Waals surface area (Å²) < 4.78 is 24.1. The van der Waals surface area contributed by atoms with Gasteiger partial charge in [-0.1, -0.05) is 28.4 Å². The monoisotopic (exact) mass is 411 g/mol. The van der Waals surface area contributed by atoms with Crippen LogP contribution in [0.2, 0.25) is 10.0 Å². The summed E-state index contributed by atoms with van der Waals surface area (Å²) in [5, 5.41) is 13.5. The van der Waals surface area contributed by atoms with Gasteiger partial charge in [-0.2, -0.15) is 0 Å². The van der Waals surface area contributed by atoms with Gasteiger partial charge in [0.1, 0.15) is 23.9 Å². The highest BCUT2D eigenvalue weighted by Gasteiger charge is 2.21. The number of ether oxygens (including phenoxy) is 1. The lowest BCUT2D eigenvalue weighted by atomic mass is 10.1. The summed E-state index contributed by atoms with van der Waals surface area (Å²) in [4.78, 5) is 12.2. The number of hydrogen-bond acceptors (Lipinski definition) is 7. The van der Waals surface area contributed by atoms with Crippen molar-refractivity contribution in [2.24, 2.45) is 0 Å². The lowest BCUT2D eigenvalue weighted by molar-refractivity contribution is 0.102. The Hall–Kier alpha value is -2.91. The molecule has 2 heterocycles. The number of benzene rings is 1. The highest BCUT2D eigenvalue weighted by atomic mass is 35.5. The Morgan fingerprint density at radius 3 is 2.85 bits per heavy atom. The molecule has 11 heteroatoms. The number of nitrogens with one attached hydrogen (secondary N) is 1. The Labute approximate surface area is 162 Å². The van der Waals surface area contributed by atoms with Crippen molar-refractivity contribution < 1.29 is 18.4 Å². The van der Waals surface area contributed by atoms with E-state index in [2.05, 4.69) is 25.2 Å². The molecule has 0 radical (unpaired) electrons. The normalized spacial score (nSPS) is 11.9. The fraction of sp³-hybridized carbons (Fsp3) is 0.125. The summed E-state index contributed by atoms with van der Waals surface area (Å²) in [5.41, 5.74) is 6.28. The van der Waals surface area contributed by atoms with Gasteiger partial charge in [-0.25, -0.2) is 4.39 Å². The van der Waals surface area contributed by atoms with Crippen molar-refractivity contribution in [1.82, 2.24) is 15.4 Å². The SMILES string of the molecule is CC(Oc1cc(C(=O)Nc2cnoc2)nnc1N)c1c(Cl)ccc(F)c1Cl. The zero-order valence-electron chi connectivity index (χ0n) is 13.7. The number of nitrogens with two attached hydrogens (primary N) is 1. The maximum atomic E-state index is 13.7. The van der Waals surface area contributed by atoms with Crippen LogP contribution in [-0.4, -0.2) is 21.3 Å². The fourth-order valence-electron chi connectivity index (χ4n) is 2.22. The van der Waals surface area contributed by atoms with E-state index in [-0.39, 0.29) is 32.9 Å². The lowest BCUT2D eigenvalue weighted by Crippen LogP contribution is -2.16. The predicted molar refractivity (Wildman–Crippen MR) is 96.4 cm³/mol. The van der Waals surface area contributed by atoms with Gasteiger partial charge in [0.2, 0.25) is 0 Å². The van der Waals surface area contributed by atoms with Crippen molar-refractivity contribution in [1.29, 1.82) is 0 Å². The molecule has 2 aromatic heterocycles. The van der Waals surface area contributed by atoms with Crippen molar-refractivity contribution in [2.75, 3.05) is 11.1 Å². The Morgan fingerprint density at radius 1 is 1.37 bits per heavy atom. The zero-order valence-corrected chi connectivity index (χ0v) is 15.3. The molecular formula is C16H12Cl2FN5O3. The summed E-state index contributed by atoms with van der Waals surface area (Å²) in [6.45, 7) is 1.60. The summed E-state index contributed by atoms with van der Waals surface area (Å²) in [6.07, 6.45) is 1.78. The number of carbonyl (C=O) groups is 1. The van der Waals surface area contributed by atoms with E-state index in [0.717, 1.165) is 6.07 Å². The number of nitrogen functional groups attached to an aromatic ring is 1. The molecule has 0 fully saturated rings. The zero-order chi connectivity index (χ0) is 19.6. The van der Waals surface area contributed by atoms with E-state index in [9.17, 15) is 9.18 Å². The van der Waals surface area contributed by atoms with Crippen LogP contribution in [0, 0.1) is 5.82 Å². The van der Waals surface area contributed by atoms with E-state index in [0.29, 0.717) is 5.69 Å². The van der Waals surface area contributed by atoms with Gasteiger partial charge < -0.3 is 20.3 Å². The lowest BCUT2D eigenvalue weighted by Gasteiger charge is -2.18. The van der Waals surface area contributed by atoms with Crippen LogP contribution in [0.15, 0.2) is 35.2 Å². The topological polar surface area (TPSA) is 116 Å². The first-order valence-corrected chi connectivity index (χ1v) is 8.26. The second-order valence-electron chi connectivity index (χ2n) is 5.36. The maximum Gasteiger partial charge on any atom is 0.276 e. The summed E-state index contributed by atoms with van der Waals surface area (Å²) >= 11 is 12.1. The summed E-state index contributed by atoms with van der Waals surface area (Å²) in [7, 11) is 0. The molecule has 1 unspecified atom stereocenters. The molecule has 1 atom stereocenters. The van der Waals surface area contributed by atoms with E-state index < -0.39 is 17.8 Å². The summed E-state index contributed by atoms with van der Waals surface area (Å²) in [6, 6.07) is 3.81. The van der Waals surface area contributed by atoms with Crippen LogP contribution in [0.4, 0.5) is 15.9 Å². The largest absolute Gasteiger partial charge is 0.482 e. The van der Waals surface area contributed by atoms with E-state index in [1.807, 2.05) is 0 Å². The minimum atomic E-state index is -0.777. The number of halogens is 3. The molecule has 1 aromatic carbocycles. The number of rotatable bonds is 5. The van der Waals surface area contributed by atoms with Gasteiger partial charge in [-0.3, -0.25) is 4.79 Å². The molecule has 3 N–H and O–H groups in total. The predicted octanol–water partition coefficient (Wildman–Crippen LogP) is 3.89. The molecule has 0 saturated heterocycles. The smallest absolute Gasteiger partial charge is 0.276 e. The molecule has 140 valence electrons.